The second-order valence-electron chi connectivity index (χ2n) is 6.49. The van der Waals surface area contributed by atoms with E-state index in [1.807, 2.05) is 17.0 Å². The molecule has 1 atom stereocenters. The van der Waals surface area contributed by atoms with Gasteiger partial charge < -0.3 is 15.0 Å². The molecule has 1 saturated heterocycles. The van der Waals surface area contributed by atoms with E-state index in [0.717, 1.165) is 25.3 Å². The van der Waals surface area contributed by atoms with E-state index in [1.54, 1.807) is 7.11 Å². The lowest BCUT2D eigenvalue weighted by molar-refractivity contribution is -0.127. The van der Waals surface area contributed by atoms with Crippen molar-refractivity contribution in [1.82, 2.24) is 10.2 Å². The molecule has 4 heteroatoms. The van der Waals surface area contributed by atoms with E-state index in [4.69, 9.17) is 4.74 Å². The first-order valence-electron chi connectivity index (χ1n) is 8.41. The number of carbonyl (C=O) groups excluding carboxylic acids is 1. The van der Waals surface area contributed by atoms with Gasteiger partial charge in [0.25, 0.3) is 0 Å². The topological polar surface area (TPSA) is 41.6 Å². The third-order valence-corrected chi connectivity index (χ3v) is 4.87. The molecule has 1 aromatic carbocycles. The number of carbonyl (C=O) groups is 1. The van der Waals surface area contributed by atoms with Crippen molar-refractivity contribution in [2.24, 2.45) is 0 Å². The van der Waals surface area contributed by atoms with Crippen LogP contribution in [0, 0.1) is 0 Å². The lowest BCUT2D eigenvalue weighted by atomic mass is 10.1. The van der Waals surface area contributed by atoms with Crippen LogP contribution in [0.4, 0.5) is 0 Å². The predicted molar refractivity (Wildman–Crippen MR) is 87.1 cm³/mol. The van der Waals surface area contributed by atoms with Gasteiger partial charge in [0.2, 0.25) is 5.91 Å². The first-order chi connectivity index (χ1) is 10.7. The summed E-state index contributed by atoms with van der Waals surface area (Å²) in [6.07, 6.45) is 6.79. The molecule has 0 bridgehead atoms. The second-order valence-corrected chi connectivity index (χ2v) is 6.49. The van der Waals surface area contributed by atoms with Crippen LogP contribution in [0.5, 0.6) is 5.75 Å². The Bertz CT molecular complexity index is 494. The SMILES string of the molecule is COc1ccc(CCN2C[C@H](NC3CCCC3)CC2=O)cc1. The van der Waals surface area contributed by atoms with Crippen LogP contribution in [0.15, 0.2) is 24.3 Å². The van der Waals surface area contributed by atoms with Gasteiger partial charge in [-0.05, 0) is 37.0 Å². The van der Waals surface area contributed by atoms with Crippen LogP contribution >= 0.6 is 0 Å². The summed E-state index contributed by atoms with van der Waals surface area (Å²) in [6.45, 7) is 1.68. The number of nitrogens with one attached hydrogen (secondary N) is 1. The van der Waals surface area contributed by atoms with Gasteiger partial charge in [0, 0.05) is 31.6 Å². The molecule has 1 amide bonds. The lowest BCUT2D eigenvalue weighted by Gasteiger charge is -2.19. The second kappa shape index (κ2) is 7.14. The molecule has 1 heterocycles. The Morgan fingerprint density at radius 2 is 1.91 bits per heavy atom. The van der Waals surface area contributed by atoms with Crippen molar-refractivity contribution in [3.05, 3.63) is 29.8 Å². The summed E-state index contributed by atoms with van der Waals surface area (Å²) in [6, 6.07) is 9.10. The zero-order valence-corrected chi connectivity index (χ0v) is 13.4. The van der Waals surface area contributed by atoms with Gasteiger partial charge in [-0.1, -0.05) is 25.0 Å². The first-order valence-corrected chi connectivity index (χ1v) is 8.41. The Labute approximate surface area is 132 Å². The van der Waals surface area contributed by atoms with Crippen molar-refractivity contribution >= 4 is 5.91 Å². The van der Waals surface area contributed by atoms with Crippen molar-refractivity contribution < 1.29 is 9.53 Å². The molecule has 0 aromatic heterocycles. The molecular formula is C18H26N2O2. The number of hydrogen-bond donors (Lipinski definition) is 1. The van der Waals surface area contributed by atoms with Crippen molar-refractivity contribution in [3.63, 3.8) is 0 Å². The molecule has 1 aliphatic carbocycles. The highest BCUT2D eigenvalue weighted by molar-refractivity contribution is 5.79. The molecule has 2 fully saturated rings. The van der Waals surface area contributed by atoms with Gasteiger partial charge in [-0.3, -0.25) is 4.79 Å². The molecule has 1 N–H and O–H groups in total. The monoisotopic (exact) mass is 302 g/mol. The van der Waals surface area contributed by atoms with Crippen LogP contribution in [-0.4, -0.2) is 43.1 Å². The molecule has 0 spiro atoms. The Balaban J connectivity index is 1.46. The summed E-state index contributed by atoms with van der Waals surface area (Å²) < 4.78 is 5.17. The van der Waals surface area contributed by atoms with E-state index in [0.29, 0.717) is 24.4 Å². The van der Waals surface area contributed by atoms with Gasteiger partial charge in [0.15, 0.2) is 0 Å². The highest BCUT2D eigenvalue weighted by Crippen LogP contribution is 2.21. The van der Waals surface area contributed by atoms with Crippen LogP contribution in [0.25, 0.3) is 0 Å². The van der Waals surface area contributed by atoms with Gasteiger partial charge >= 0.3 is 0 Å². The Morgan fingerprint density at radius 3 is 2.59 bits per heavy atom. The zero-order chi connectivity index (χ0) is 15.4. The molecule has 0 radical (unpaired) electrons. The fourth-order valence-electron chi connectivity index (χ4n) is 3.58. The van der Waals surface area contributed by atoms with Crippen molar-refractivity contribution in [1.29, 1.82) is 0 Å². The number of likely N-dealkylation sites (tertiary alicyclic amines) is 1. The quantitative estimate of drug-likeness (QED) is 0.877. The Morgan fingerprint density at radius 1 is 1.18 bits per heavy atom. The standard InChI is InChI=1S/C18H26N2O2/c1-22-17-8-6-14(7-9-17)10-11-20-13-16(12-18(20)21)19-15-4-2-3-5-15/h6-9,15-16,19H,2-5,10-13H2,1H3/t16-/m1/s1. The molecule has 22 heavy (non-hydrogen) atoms. The van der Waals surface area contributed by atoms with Crippen molar-refractivity contribution in [2.75, 3.05) is 20.2 Å². The van der Waals surface area contributed by atoms with E-state index in [9.17, 15) is 4.79 Å². The summed E-state index contributed by atoms with van der Waals surface area (Å²) in [4.78, 5) is 14.2. The van der Waals surface area contributed by atoms with Gasteiger partial charge in [-0.2, -0.15) is 0 Å². The average molecular weight is 302 g/mol. The Hall–Kier alpha value is -1.55. The van der Waals surface area contributed by atoms with Gasteiger partial charge in [-0.15, -0.1) is 0 Å². The minimum absolute atomic E-state index is 0.295. The minimum atomic E-state index is 0.295. The third-order valence-electron chi connectivity index (χ3n) is 4.87. The van der Waals surface area contributed by atoms with E-state index in [-0.39, 0.29) is 0 Å². The molecule has 120 valence electrons. The lowest BCUT2D eigenvalue weighted by Crippen LogP contribution is -2.39. The van der Waals surface area contributed by atoms with E-state index < -0.39 is 0 Å². The van der Waals surface area contributed by atoms with Crippen LogP contribution in [-0.2, 0) is 11.2 Å². The molecule has 1 aromatic rings. The van der Waals surface area contributed by atoms with Crippen molar-refractivity contribution in [3.8, 4) is 5.75 Å². The van der Waals surface area contributed by atoms with E-state index >= 15 is 0 Å². The summed E-state index contributed by atoms with van der Waals surface area (Å²) >= 11 is 0. The van der Waals surface area contributed by atoms with Gasteiger partial charge in [0.05, 0.1) is 7.11 Å². The number of hydrogen-bond acceptors (Lipinski definition) is 3. The van der Waals surface area contributed by atoms with Crippen LogP contribution in [0.3, 0.4) is 0 Å². The maximum atomic E-state index is 12.1. The fourth-order valence-corrected chi connectivity index (χ4v) is 3.58. The molecule has 2 aliphatic rings. The van der Waals surface area contributed by atoms with E-state index in [1.165, 1.54) is 31.2 Å². The normalized spacial score (nSPS) is 22.5. The third kappa shape index (κ3) is 3.80. The number of ether oxygens (including phenoxy) is 1. The predicted octanol–water partition coefficient (Wildman–Crippen LogP) is 2.37. The molecule has 1 saturated carbocycles. The highest BCUT2D eigenvalue weighted by Gasteiger charge is 2.31. The van der Waals surface area contributed by atoms with E-state index in [2.05, 4.69) is 17.4 Å². The first kappa shape index (κ1) is 15.3. The minimum Gasteiger partial charge on any atom is -0.497 e. The van der Waals surface area contributed by atoms with Crippen LogP contribution in [0.1, 0.15) is 37.7 Å². The van der Waals surface area contributed by atoms with Crippen molar-refractivity contribution in [2.45, 2.75) is 50.6 Å². The number of amides is 1. The largest absolute Gasteiger partial charge is 0.497 e. The summed E-state index contributed by atoms with van der Waals surface area (Å²) in [5.74, 6) is 1.17. The van der Waals surface area contributed by atoms with Crippen LogP contribution in [0.2, 0.25) is 0 Å². The Kier molecular flexibility index (Phi) is 4.98. The highest BCUT2D eigenvalue weighted by atomic mass is 16.5. The fraction of sp³-hybridized carbons (Fsp3) is 0.611. The van der Waals surface area contributed by atoms with Gasteiger partial charge in [-0.25, -0.2) is 0 Å². The summed E-state index contributed by atoms with van der Waals surface area (Å²) in [5.41, 5.74) is 1.25. The molecule has 4 nitrogen and oxygen atoms in total. The van der Waals surface area contributed by atoms with Gasteiger partial charge in [0.1, 0.15) is 5.75 Å². The number of rotatable bonds is 6. The maximum absolute atomic E-state index is 12.1. The zero-order valence-electron chi connectivity index (χ0n) is 13.4. The molecule has 3 rings (SSSR count). The van der Waals surface area contributed by atoms with Crippen LogP contribution < -0.4 is 10.1 Å². The number of benzene rings is 1. The number of methoxy groups -OCH3 is 1. The average Bonchev–Trinajstić information content (AvgIpc) is 3.16. The maximum Gasteiger partial charge on any atom is 0.224 e. The number of nitrogens with zero attached hydrogens (tertiary/aromatic N) is 1. The molecule has 1 aliphatic heterocycles. The smallest absolute Gasteiger partial charge is 0.224 e. The summed E-state index contributed by atoms with van der Waals surface area (Å²) in [7, 11) is 1.68. The summed E-state index contributed by atoms with van der Waals surface area (Å²) in [5, 5.41) is 3.67. The molecule has 0 unspecified atom stereocenters. The molecular weight excluding hydrogens is 276 g/mol.